The fourth-order valence-corrected chi connectivity index (χ4v) is 2.81. The summed E-state index contributed by atoms with van der Waals surface area (Å²) >= 11 is 0. The Labute approximate surface area is 111 Å². The van der Waals surface area contributed by atoms with Gasteiger partial charge in [-0.3, -0.25) is 10.1 Å². The molecule has 3 atom stereocenters. The summed E-state index contributed by atoms with van der Waals surface area (Å²) in [5, 5.41) is 3.48. The molecule has 0 aliphatic carbocycles. The predicted molar refractivity (Wildman–Crippen MR) is 69.4 cm³/mol. The number of hydrogen-bond donors (Lipinski definition) is 1. The zero-order chi connectivity index (χ0) is 13.2. The van der Waals surface area contributed by atoms with E-state index in [1.165, 1.54) is 0 Å². The summed E-state index contributed by atoms with van der Waals surface area (Å²) in [7, 11) is 0. The molecule has 2 aromatic heterocycles. The smallest absolute Gasteiger partial charge is 0.140 e. The normalized spacial score (nSPS) is 27.6. The summed E-state index contributed by atoms with van der Waals surface area (Å²) in [5.41, 5.74) is 0. The van der Waals surface area contributed by atoms with Crippen LogP contribution in [-0.4, -0.2) is 5.78 Å². The fourth-order valence-electron chi connectivity index (χ4n) is 2.81. The van der Waals surface area contributed by atoms with Crippen molar-refractivity contribution in [1.82, 2.24) is 5.32 Å². The Morgan fingerprint density at radius 3 is 2.47 bits per heavy atom. The van der Waals surface area contributed by atoms with Crippen molar-refractivity contribution < 1.29 is 13.6 Å². The summed E-state index contributed by atoms with van der Waals surface area (Å²) < 4.78 is 10.9. The van der Waals surface area contributed by atoms with Crippen LogP contribution in [0.25, 0.3) is 0 Å². The first-order valence-corrected chi connectivity index (χ1v) is 6.65. The van der Waals surface area contributed by atoms with E-state index in [2.05, 4.69) is 5.32 Å². The van der Waals surface area contributed by atoms with Gasteiger partial charge in [0.1, 0.15) is 17.3 Å². The van der Waals surface area contributed by atoms with E-state index in [1.807, 2.05) is 31.2 Å². The first-order chi connectivity index (χ1) is 9.29. The number of rotatable bonds is 3. The molecule has 2 aromatic rings. The number of furan rings is 2. The maximum absolute atomic E-state index is 12.3. The number of nitrogens with one attached hydrogen (secondary N) is 1. The van der Waals surface area contributed by atoms with Gasteiger partial charge in [-0.1, -0.05) is 6.92 Å². The van der Waals surface area contributed by atoms with E-state index in [9.17, 15) is 4.79 Å². The van der Waals surface area contributed by atoms with Crippen LogP contribution in [0.4, 0.5) is 0 Å². The Morgan fingerprint density at radius 1 is 1.21 bits per heavy atom. The lowest BCUT2D eigenvalue weighted by molar-refractivity contribution is -0.127. The van der Waals surface area contributed by atoms with Gasteiger partial charge in [0.15, 0.2) is 0 Å². The molecule has 0 amide bonds. The van der Waals surface area contributed by atoms with Crippen LogP contribution in [0.5, 0.6) is 0 Å². The SMILES string of the molecule is CC[C@H]1C(=O)C[C@@H](c2ccco2)N[C@@H]1c1ccco1. The first kappa shape index (κ1) is 12.2. The van der Waals surface area contributed by atoms with Gasteiger partial charge in [0.05, 0.1) is 24.6 Å². The molecule has 3 rings (SSSR count). The number of ketones is 1. The molecule has 1 aliphatic heterocycles. The monoisotopic (exact) mass is 259 g/mol. The Balaban J connectivity index is 1.89. The van der Waals surface area contributed by atoms with Crippen molar-refractivity contribution in [3.63, 3.8) is 0 Å². The summed E-state index contributed by atoms with van der Waals surface area (Å²) in [6.45, 7) is 2.04. The quantitative estimate of drug-likeness (QED) is 0.919. The molecule has 4 nitrogen and oxygen atoms in total. The van der Waals surface area contributed by atoms with E-state index in [-0.39, 0.29) is 23.8 Å². The molecule has 1 aliphatic rings. The highest BCUT2D eigenvalue weighted by Crippen LogP contribution is 2.36. The minimum Gasteiger partial charge on any atom is -0.468 e. The van der Waals surface area contributed by atoms with Crippen molar-refractivity contribution in [3.05, 3.63) is 48.3 Å². The topological polar surface area (TPSA) is 55.4 Å². The highest BCUT2D eigenvalue weighted by Gasteiger charge is 2.38. The molecule has 3 heterocycles. The molecular formula is C15H17NO3. The second-order valence-corrected chi connectivity index (χ2v) is 4.91. The van der Waals surface area contributed by atoms with Crippen LogP contribution in [0, 0.1) is 5.92 Å². The van der Waals surface area contributed by atoms with Crippen molar-refractivity contribution in [2.45, 2.75) is 31.8 Å². The van der Waals surface area contributed by atoms with E-state index >= 15 is 0 Å². The molecule has 0 saturated carbocycles. The number of carbonyl (C=O) groups is 1. The van der Waals surface area contributed by atoms with Crippen LogP contribution in [0.3, 0.4) is 0 Å². The molecule has 0 spiro atoms. The Bertz CT molecular complexity index is 530. The summed E-state index contributed by atoms with van der Waals surface area (Å²) in [6.07, 6.45) is 4.56. The third kappa shape index (κ3) is 2.24. The number of hydrogen-bond acceptors (Lipinski definition) is 4. The molecule has 4 heteroatoms. The third-order valence-corrected chi connectivity index (χ3v) is 3.78. The van der Waals surface area contributed by atoms with Crippen molar-refractivity contribution in [3.8, 4) is 0 Å². The van der Waals surface area contributed by atoms with E-state index in [0.29, 0.717) is 6.42 Å². The summed E-state index contributed by atoms with van der Waals surface area (Å²) in [5.74, 6) is 1.86. The molecule has 0 aromatic carbocycles. The van der Waals surface area contributed by atoms with Gasteiger partial charge in [-0.25, -0.2) is 0 Å². The van der Waals surface area contributed by atoms with E-state index in [4.69, 9.17) is 8.83 Å². The second kappa shape index (κ2) is 5.05. The average molecular weight is 259 g/mol. The van der Waals surface area contributed by atoms with Crippen LogP contribution in [-0.2, 0) is 4.79 Å². The van der Waals surface area contributed by atoms with Crippen LogP contribution < -0.4 is 5.32 Å². The first-order valence-electron chi connectivity index (χ1n) is 6.65. The van der Waals surface area contributed by atoms with Gasteiger partial charge in [-0.15, -0.1) is 0 Å². The molecule has 1 fully saturated rings. The summed E-state index contributed by atoms with van der Waals surface area (Å²) in [4.78, 5) is 12.3. The van der Waals surface area contributed by atoms with Crippen LogP contribution in [0.1, 0.15) is 43.4 Å². The molecular weight excluding hydrogens is 242 g/mol. The third-order valence-electron chi connectivity index (χ3n) is 3.78. The van der Waals surface area contributed by atoms with Gasteiger partial charge in [0.2, 0.25) is 0 Å². The van der Waals surface area contributed by atoms with Crippen LogP contribution in [0.15, 0.2) is 45.6 Å². The van der Waals surface area contributed by atoms with E-state index in [1.54, 1.807) is 12.5 Å². The average Bonchev–Trinajstić information content (AvgIpc) is 3.11. The van der Waals surface area contributed by atoms with E-state index < -0.39 is 0 Å². The number of Topliss-reactive ketones (excluding diaryl/α,β-unsaturated/α-hetero) is 1. The minimum absolute atomic E-state index is 0.0302. The largest absolute Gasteiger partial charge is 0.468 e. The Kier molecular flexibility index (Phi) is 3.25. The van der Waals surface area contributed by atoms with Crippen molar-refractivity contribution in [1.29, 1.82) is 0 Å². The van der Waals surface area contributed by atoms with Gasteiger partial charge < -0.3 is 8.83 Å². The van der Waals surface area contributed by atoms with Gasteiger partial charge in [0, 0.05) is 12.3 Å². The lowest BCUT2D eigenvalue weighted by atomic mass is 9.82. The molecule has 1 saturated heterocycles. The van der Waals surface area contributed by atoms with Crippen molar-refractivity contribution >= 4 is 5.78 Å². The molecule has 0 bridgehead atoms. The Morgan fingerprint density at radius 2 is 1.89 bits per heavy atom. The predicted octanol–water partition coefficient (Wildman–Crippen LogP) is 3.24. The van der Waals surface area contributed by atoms with Crippen LogP contribution >= 0.6 is 0 Å². The fraction of sp³-hybridized carbons (Fsp3) is 0.400. The Hall–Kier alpha value is -1.81. The van der Waals surface area contributed by atoms with Crippen molar-refractivity contribution in [2.75, 3.05) is 0 Å². The summed E-state index contributed by atoms with van der Waals surface area (Å²) in [6, 6.07) is 7.37. The molecule has 1 N–H and O–H groups in total. The number of piperidine rings is 1. The molecule has 100 valence electrons. The van der Waals surface area contributed by atoms with Gasteiger partial charge >= 0.3 is 0 Å². The van der Waals surface area contributed by atoms with Gasteiger partial charge in [-0.05, 0) is 30.7 Å². The van der Waals surface area contributed by atoms with E-state index in [0.717, 1.165) is 17.9 Å². The van der Waals surface area contributed by atoms with Crippen LogP contribution in [0.2, 0.25) is 0 Å². The zero-order valence-corrected chi connectivity index (χ0v) is 10.8. The van der Waals surface area contributed by atoms with Gasteiger partial charge in [0.25, 0.3) is 0 Å². The zero-order valence-electron chi connectivity index (χ0n) is 10.8. The van der Waals surface area contributed by atoms with Gasteiger partial charge in [-0.2, -0.15) is 0 Å². The number of carbonyl (C=O) groups excluding carboxylic acids is 1. The molecule has 0 unspecified atom stereocenters. The minimum atomic E-state index is -0.0728. The highest BCUT2D eigenvalue weighted by atomic mass is 16.3. The van der Waals surface area contributed by atoms with Crippen molar-refractivity contribution in [2.24, 2.45) is 5.92 Å². The maximum atomic E-state index is 12.3. The second-order valence-electron chi connectivity index (χ2n) is 4.91. The maximum Gasteiger partial charge on any atom is 0.140 e. The lowest BCUT2D eigenvalue weighted by Crippen LogP contribution is -2.41. The standard InChI is InChI=1S/C15H17NO3/c1-2-10-12(17)9-11(13-5-3-7-18-13)16-15(10)14-6-4-8-19-14/h3-8,10-11,15-16H,2,9H2,1H3/t10-,11-,15-/m0/s1. The molecule has 0 radical (unpaired) electrons. The lowest BCUT2D eigenvalue weighted by Gasteiger charge is -2.34. The highest BCUT2D eigenvalue weighted by molar-refractivity contribution is 5.83. The molecule has 19 heavy (non-hydrogen) atoms.